The fourth-order valence-corrected chi connectivity index (χ4v) is 12.3. The Balaban J connectivity index is 0.978. The number of nitrogens with zero attached hydrogens (tertiary/aromatic N) is 2. The summed E-state index contributed by atoms with van der Waals surface area (Å²) in [4.78, 5) is 4.65. The topological polar surface area (TPSA) is 43.4 Å². The minimum absolute atomic E-state index is 0.00422. The predicted molar refractivity (Wildman–Crippen MR) is 335 cm³/mol. The lowest BCUT2D eigenvalue weighted by atomic mass is 9.31. The molecule has 0 aliphatic carbocycles. The molecule has 0 radical (unpaired) electrons. The zero-order valence-corrected chi connectivity index (χ0v) is 48.8. The van der Waals surface area contributed by atoms with Crippen molar-refractivity contribution >= 4 is 80.3 Å². The van der Waals surface area contributed by atoms with Gasteiger partial charge in [0.2, 0.25) is 0 Å². The van der Waals surface area contributed by atoms with Crippen LogP contribution in [0.1, 0.15) is 116 Å². The molecule has 80 heavy (non-hydrogen) atoms. The van der Waals surface area contributed by atoms with E-state index in [2.05, 4.69) is 277 Å². The van der Waals surface area contributed by atoms with Gasteiger partial charge in [-0.1, -0.05) is 162 Å². The summed E-state index contributed by atoms with van der Waals surface area (Å²) in [5.74, 6) is 6.26. The standard InChI is InChI=1S/C72H70B2N2O4/c1-43-15-33-55-59(35-43)77-63-37-53(75(49-25-17-45(18-26-49)69(3,4)5)50-27-19-46(20-28-50)70(6,7)8)39-65-67(63)73(55)57-41-58-62(42-61(57)79-65)80-66-40-54(38-64-68(66)74(58)56-34-16-44(2)36-60(56)78-64)76(51-29-21-47(22-30-51)71(9,10)11)52-31-23-48(24-32-52)72(12,13)14/h15-42H,1-14H3. The van der Waals surface area contributed by atoms with E-state index >= 15 is 0 Å². The Morgan fingerprint density at radius 3 is 0.787 bits per heavy atom. The SMILES string of the molecule is Cc1ccc2c(c1)Oc1cc(N(c3ccc(C(C)(C)C)cc3)c3ccc(C(C)(C)C)cc3)cc3c1B2c1cc2c(cc1O3)Oc1cc(N(c3ccc(C(C)(C)C)cc3)c3ccc(C(C)(C)C)cc3)cc3c1B2c1ccc(C)cc1O3. The molecule has 8 heteroatoms. The van der Waals surface area contributed by atoms with Gasteiger partial charge in [-0.15, -0.1) is 0 Å². The van der Waals surface area contributed by atoms with Crippen LogP contribution in [0.5, 0.6) is 46.0 Å². The minimum Gasteiger partial charge on any atom is -0.458 e. The molecule has 0 spiro atoms. The van der Waals surface area contributed by atoms with Crippen LogP contribution in [-0.4, -0.2) is 13.4 Å². The van der Waals surface area contributed by atoms with E-state index in [0.29, 0.717) is 0 Å². The van der Waals surface area contributed by atoms with E-state index in [4.69, 9.17) is 18.9 Å². The molecule has 6 nitrogen and oxygen atoms in total. The summed E-state index contributed by atoms with van der Waals surface area (Å²) < 4.78 is 28.8. The van der Waals surface area contributed by atoms with Gasteiger partial charge in [-0.2, -0.15) is 0 Å². The second kappa shape index (κ2) is 18.2. The molecule has 0 bridgehead atoms. The summed E-state index contributed by atoms with van der Waals surface area (Å²) in [6.07, 6.45) is 0. The first-order valence-corrected chi connectivity index (χ1v) is 28.4. The molecule has 0 amide bonds. The van der Waals surface area contributed by atoms with E-state index in [1.807, 2.05) is 0 Å². The highest BCUT2D eigenvalue weighted by Crippen LogP contribution is 2.47. The molecule has 4 heterocycles. The maximum atomic E-state index is 7.32. The fraction of sp³-hybridized carbons (Fsp3) is 0.250. The average molecular weight is 1050 g/mol. The number of hydrogen-bond acceptors (Lipinski definition) is 6. The van der Waals surface area contributed by atoms with E-state index in [1.54, 1.807) is 0 Å². The molecule has 0 saturated heterocycles. The van der Waals surface area contributed by atoms with Crippen LogP contribution in [0.4, 0.5) is 34.1 Å². The molecule has 398 valence electrons. The summed E-state index contributed by atoms with van der Waals surface area (Å²) in [6.45, 7) is 31.0. The highest BCUT2D eigenvalue weighted by atomic mass is 16.5. The molecule has 9 aromatic carbocycles. The number of aryl methyl sites for hydroxylation is 2. The molecule has 0 fully saturated rings. The van der Waals surface area contributed by atoms with E-state index in [9.17, 15) is 0 Å². The van der Waals surface area contributed by atoms with Gasteiger partial charge in [0.05, 0.1) is 11.4 Å². The van der Waals surface area contributed by atoms with E-state index in [1.165, 1.54) is 22.3 Å². The van der Waals surface area contributed by atoms with Crippen molar-refractivity contribution in [1.82, 2.24) is 0 Å². The van der Waals surface area contributed by atoms with Crippen molar-refractivity contribution in [3.8, 4) is 46.0 Å². The second-order valence-corrected chi connectivity index (χ2v) is 26.9. The van der Waals surface area contributed by atoms with Crippen LogP contribution in [0.3, 0.4) is 0 Å². The maximum absolute atomic E-state index is 7.32. The van der Waals surface area contributed by atoms with Crippen LogP contribution < -0.4 is 61.5 Å². The number of benzene rings is 9. The summed E-state index contributed by atoms with van der Waals surface area (Å²) >= 11 is 0. The normalized spacial score (nSPS) is 13.7. The molecule has 13 rings (SSSR count). The second-order valence-electron chi connectivity index (χ2n) is 26.9. The molecule has 0 aromatic heterocycles. The molecule has 4 aliphatic heterocycles. The van der Waals surface area contributed by atoms with Crippen LogP contribution in [0.25, 0.3) is 0 Å². The van der Waals surface area contributed by atoms with Crippen molar-refractivity contribution in [1.29, 1.82) is 0 Å². The van der Waals surface area contributed by atoms with Crippen molar-refractivity contribution in [2.45, 2.75) is 119 Å². The molecule has 4 aliphatic rings. The lowest BCUT2D eigenvalue weighted by Gasteiger charge is -2.38. The summed E-state index contributed by atoms with van der Waals surface area (Å²) in [6, 6.07) is 62.5. The van der Waals surface area contributed by atoms with Crippen LogP contribution in [0.2, 0.25) is 0 Å². The highest BCUT2D eigenvalue weighted by molar-refractivity contribution is 7.01. The summed E-state index contributed by atoms with van der Waals surface area (Å²) in [5, 5.41) is 0. The largest absolute Gasteiger partial charge is 0.458 e. The first-order valence-electron chi connectivity index (χ1n) is 28.4. The van der Waals surface area contributed by atoms with Gasteiger partial charge >= 0.3 is 0 Å². The third-order valence-electron chi connectivity index (χ3n) is 16.8. The van der Waals surface area contributed by atoms with Gasteiger partial charge in [-0.25, -0.2) is 0 Å². The third kappa shape index (κ3) is 8.83. The maximum Gasteiger partial charge on any atom is 0.260 e. The highest BCUT2D eigenvalue weighted by Gasteiger charge is 2.46. The van der Waals surface area contributed by atoms with E-state index < -0.39 is 0 Å². The van der Waals surface area contributed by atoms with Crippen LogP contribution >= 0.6 is 0 Å². The van der Waals surface area contributed by atoms with Crippen molar-refractivity contribution < 1.29 is 18.9 Å². The van der Waals surface area contributed by atoms with Crippen LogP contribution in [0, 0.1) is 13.8 Å². The Bertz CT molecular complexity index is 3580. The van der Waals surface area contributed by atoms with E-state index in [0.717, 1.165) is 124 Å². The molecule has 0 unspecified atom stereocenters. The average Bonchev–Trinajstić information content (AvgIpc) is 3.56. The Labute approximate surface area is 474 Å². The van der Waals surface area contributed by atoms with Gasteiger partial charge in [0.25, 0.3) is 13.4 Å². The summed E-state index contributed by atoms with van der Waals surface area (Å²) in [5.41, 5.74) is 19.8. The lowest BCUT2D eigenvalue weighted by Crippen LogP contribution is -2.61. The Hall–Kier alpha value is -8.09. The van der Waals surface area contributed by atoms with Crippen molar-refractivity contribution in [2.75, 3.05) is 9.80 Å². The molecular weight excluding hydrogens is 978 g/mol. The Morgan fingerprint density at radius 1 is 0.263 bits per heavy atom. The number of anilines is 6. The smallest absolute Gasteiger partial charge is 0.260 e. The van der Waals surface area contributed by atoms with Gasteiger partial charge in [-0.3, -0.25) is 0 Å². The number of rotatable bonds is 6. The van der Waals surface area contributed by atoms with Crippen LogP contribution in [0.15, 0.2) is 170 Å². The van der Waals surface area contributed by atoms with Gasteiger partial charge in [-0.05, 0) is 151 Å². The monoisotopic (exact) mass is 1050 g/mol. The zero-order chi connectivity index (χ0) is 55.9. The van der Waals surface area contributed by atoms with Gasteiger partial charge < -0.3 is 28.7 Å². The van der Waals surface area contributed by atoms with Crippen molar-refractivity contribution in [2.24, 2.45) is 0 Å². The molecule has 0 saturated carbocycles. The van der Waals surface area contributed by atoms with E-state index in [-0.39, 0.29) is 35.1 Å². The quantitative estimate of drug-likeness (QED) is 0.155. The summed E-state index contributed by atoms with van der Waals surface area (Å²) in [7, 11) is 0. The van der Waals surface area contributed by atoms with Crippen molar-refractivity contribution in [3.05, 3.63) is 203 Å². The van der Waals surface area contributed by atoms with Crippen LogP contribution in [-0.2, 0) is 21.7 Å². The molecule has 0 atom stereocenters. The number of fused-ring (bicyclic) bond motifs is 8. The third-order valence-corrected chi connectivity index (χ3v) is 16.8. The molecular formula is C72H70B2N2O4. The molecule has 9 aromatic rings. The van der Waals surface area contributed by atoms with Crippen molar-refractivity contribution in [3.63, 3.8) is 0 Å². The number of ether oxygens (including phenoxy) is 4. The number of hydrogen-bond donors (Lipinski definition) is 0. The van der Waals surface area contributed by atoms with Gasteiger partial charge in [0.15, 0.2) is 0 Å². The Kier molecular flexibility index (Phi) is 11.7. The first kappa shape index (κ1) is 51.4. The molecule has 0 N–H and O–H groups in total. The zero-order valence-electron chi connectivity index (χ0n) is 48.8. The van der Waals surface area contributed by atoms with Gasteiger partial charge in [0.1, 0.15) is 46.0 Å². The predicted octanol–water partition coefficient (Wildman–Crippen LogP) is 15.9. The lowest BCUT2D eigenvalue weighted by molar-refractivity contribution is 0.452. The van der Waals surface area contributed by atoms with Gasteiger partial charge in [0, 0.05) is 64.0 Å². The fourth-order valence-electron chi connectivity index (χ4n) is 12.3. The first-order chi connectivity index (χ1) is 37.9. The minimum atomic E-state index is -0.179. The Morgan fingerprint density at radius 2 is 0.525 bits per heavy atom.